The number of hydrogen-bond acceptors (Lipinski definition) is 3. The van der Waals surface area contributed by atoms with Gasteiger partial charge in [0.2, 0.25) is 5.91 Å². The van der Waals surface area contributed by atoms with Gasteiger partial charge in [-0.2, -0.15) is 0 Å². The summed E-state index contributed by atoms with van der Waals surface area (Å²) in [5.41, 5.74) is -0.468. The molecule has 0 aliphatic carbocycles. The van der Waals surface area contributed by atoms with E-state index in [1.807, 2.05) is 25.7 Å². The van der Waals surface area contributed by atoms with Crippen LogP contribution in [0.1, 0.15) is 52.9 Å². The van der Waals surface area contributed by atoms with Crippen LogP contribution in [-0.4, -0.2) is 53.6 Å². The highest BCUT2D eigenvalue weighted by atomic mass is 16.6. The largest absolute Gasteiger partial charge is 0.444 e. The fourth-order valence-corrected chi connectivity index (χ4v) is 3.10. The molecule has 2 heterocycles. The highest BCUT2D eigenvalue weighted by Crippen LogP contribution is 2.23. The number of hydrogen-bond donors (Lipinski definition) is 0. The second-order valence-electron chi connectivity index (χ2n) is 7.39. The van der Waals surface area contributed by atoms with E-state index in [2.05, 4.69) is 6.42 Å². The minimum absolute atomic E-state index is 0.240. The Kier molecular flexibility index (Phi) is 5.70. The smallest absolute Gasteiger partial charge is 0.410 e. The minimum atomic E-state index is -0.468. The lowest BCUT2D eigenvalue weighted by Gasteiger charge is -2.35. The average Bonchev–Trinajstić information content (AvgIpc) is 2.46. The van der Waals surface area contributed by atoms with E-state index < -0.39 is 5.60 Å². The molecule has 0 aromatic carbocycles. The summed E-state index contributed by atoms with van der Waals surface area (Å²) in [7, 11) is 0. The summed E-state index contributed by atoms with van der Waals surface area (Å²) in [5, 5.41) is 0. The maximum Gasteiger partial charge on any atom is 0.410 e. The third-order valence-electron chi connectivity index (χ3n) is 4.19. The Morgan fingerprint density at radius 3 is 2.45 bits per heavy atom. The van der Waals surface area contributed by atoms with Crippen LogP contribution < -0.4 is 0 Å². The van der Waals surface area contributed by atoms with Crippen molar-refractivity contribution in [2.24, 2.45) is 5.92 Å². The van der Waals surface area contributed by atoms with Gasteiger partial charge in [-0.3, -0.25) is 4.79 Å². The number of rotatable bonds is 2. The first-order valence-electron chi connectivity index (χ1n) is 8.42. The number of carbonyl (C=O) groups is 2. The van der Waals surface area contributed by atoms with Gasteiger partial charge >= 0.3 is 6.09 Å². The predicted molar refractivity (Wildman–Crippen MR) is 85.3 cm³/mol. The van der Waals surface area contributed by atoms with E-state index in [0.717, 1.165) is 45.3 Å². The second-order valence-corrected chi connectivity index (χ2v) is 7.39. The molecule has 0 N–H and O–H groups in total. The van der Waals surface area contributed by atoms with Crippen LogP contribution in [0.25, 0.3) is 0 Å². The standard InChI is InChI=1S/C17H29N2O3/c1-17(2,3)22-16(21)19-11-7-8-14(13-19)12-15(20)18-9-5-4-6-10-18/h4,14H,5-13H2,1-3H3. The summed E-state index contributed by atoms with van der Waals surface area (Å²) in [6.07, 6.45) is 6.52. The van der Waals surface area contributed by atoms with Gasteiger partial charge in [0, 0.05) is 32.6 Å². The molecule has 2 aliphatic heterocycles. The molecule has 0 aromatic heterocycles. The van der Waals surface area contributed by atoms with Gasteiger partial charge in [-0.1, -0.05) is 0 Å². The minimum Gasteiger partial charge on any atom is -0.444 e. The van der Waals surface area contributed by atoms with Crippen LogP contribution >= 0.6 is 0 Å². The summed E-state index contributed by atoms with van der Waals surface area (Å²) in [5.74, 6) is 0.504. The van der Waals surface area contributed by atoms with Gasteiger partial charge in [-0.15, -0.1) is 0 Å². The molecule has 2 rings (SSSR count). The summed E-state index contributed by atoms with van der Waals surface area (Å²) < 4.78 is 5.43. The summed E-state index contributed by atoms with van der Waals surface area (Å²) in [6, 6.07) is 0. The Morgan fingerprint density at radius 2 is 1.82 bits per heavy atom. The zero-order valence-electron chi connectivity index (χ0n) is 14.1. The number of carbonyl (C=O) groups excluding carboxylic acids is 2. The lowest BCUT2D eigenvalue weighted by molar-refractivity contribution is -0.133. The van der Waals surface area contributed by atoms with Gasteiger partial charge in [0.1, 0.15) is 5.60 Å². The van der Waals surface area contributed by atoms with E-state index in [4.69, 9.17) is 4.74 Å². The van der Waals surface area contributed by atoms with Crippen LogP contribution in [0.2, 0.25) is 0 Å². The van der Waals surface area contributed by atoms with Crippen molar-refractivity contribution in [3.8, 4) is 0 Å². The molecule has 1 unspecified atom stereocenters. The van der Waals surface area contributed by atoms with Crippen LogP contribution in [0.3, 0.4) is 0 Å². The molecule has 22 heavy (non-hydrogen) atoms. The molecule has 1 radical (unpaired) electrons. The number of ether oxygens (including phenoxy) is 1. The van der Waals surface area contributed by atoms with Crippen LogP contribution in [0.15, 0.2) is 0 Å². The van der Waals surface area contributed by atoms with Crippen molar-refractivity contribution in [3.05, 3.63) is 6.42 Å². The SMILES string of the molecule is CC(C)(C)OC(=O)N1CCCC(CC(=O)N2CC[CH]CC2)C1. The van der Waals surface area contributed by atoms with Crippen LogP contribution in [-0.2, 0) is 9.53 Å². The highest BCUT2D eigenvalue weighted by Gasteiger charge is 2.29. The normalized spacial score (nSPS) is 23.3. The Balaban J connectivity index is 1.82. The van der Waals surface area contributed by atoms with E-state index in [-0.39, 0.29) is 17.9 Å². The van der Waals surface area contributed by atoms with Crippen molar-refractivity contribution < 1.29 is 14.3 Å². The zero-order valence-corrected chi connectivity index (χ0v) is 14.1. The van der Waals surface area contributed by atoms with E-state index >= 15 is 0 Å². The van der Waals surface area contributed by atoms with Crippen molar-refractivity contribution in [3.63, 3.8) is 0 Å². The molecule has 0 saturated carbocycles. The van der Waals surface area contributed by atoms with Crippen LogP contribution in [0, 0.1) is 12.3 Å². The Morgan fingerprint density at radius 1 is 1.14 bits per heavy atom. The van der Waals surface area contributed by atoms with E-state index in [1.54, 1.807) is 4.90 Å². The van der Waals surface area contributed by atoms with Gasteiger partial charge in [0.25, 0.3) is 0 Å². The number of piperidine rings is 2. The average molecular weight is 309 g/mol. The Bertz CT molecular complexity index is 397. The molecule has 0 bridgehead atoms. The van der Waals surface area contributed by atoms with Crippen molar-refractivity contribution >= 4 is 12.0 Å². The maximum atomic E-state index is 12.3. The monoisotopic (exact) mass is 309 g/mol. The van der Waals surface area contributed by atoms with Gasteiger partial charge in [0.05, 0.1) is 0 Å². The van der Waals surface area contributed by atoms with E-state index in [9.17, 15) is 9.59 Å². The Labute approximate surface area is 134 Å². The molecule has 0 aromatic rings. The van der Waals surface area contributed by atoms with E-state index in [0.29, 0.717) is 13.0 Å². The third-order valence-corrected chi connectivity index (χ3v) is 4.19. The molecule has 125 valence electrons. The van der Waals surface area contributed by atoms with Gasteiger partial charge in [0.15, 0.2) is 0 Å². The van der Waals surface area contributed by atoms with Gasteiger partial charge in [-0.05, 0) is 58.8 Å². The molecule has 2 aliphatic rings. The highest BCUT2D eigenvalue weighted by molar-refractivity contribution is 5.76. The fraction of sp³-hybridized carbons (Fsp3) is 0.824. The van der Waals surface area contributed by atoms with Crippen LogP contribution in [0.4, 0.5) is 4.79 Å². The molecule has 2 saturated heterocycles. The maximum absolute atomic E-state index is 12.3. The molecule has 5 nitrogen and oxygen atoms in total. The van der Waals surface area contributed by atoms with Crippen molar-refractivity contribution in [2.75, 3.05) is 26.2 Å². The first kappa shape index (κ1) is 17.1. The molecule has 5 heteroatoms. The van der Waals surface area contributed by atoms with Crippen LogP contribution in [0.5, 0.6) is 0 Å². The van der Waals surface area contributed by atoms with Crippen molar-refractivity contribution in [1.82, 2.24) is 9.80 Å². The van der Waals surface area contributed by atoms with Crippen molar-refractivity contribution in [2.45, 2.75) is 58.5 Å². The molecule has 1 atom stereocenters. The molecule has 0 spiro atoms. The summed E-state index contributed by atoms with van der Waals surface area (Å²) in [6.45, 7) is 8.71. The molecule has 2 fully saturated rings. The molecular weight excluding hydrogens is 280 g/mol. The van der Waals surface area contributed by atoms with Gasteiger partial charge in [-0.25, -0.2) is 4.79 Å². The molecular formula is C17H29N2O3. The summed E-state index contributed by atoms with van der Waals surface area (Å²) in [4.78, 5) is 28.2. The molecule has 2 amide bonds. The fourth-order valence-electron chi connectivity index (χ4n) is 3.10. The Hall–Kier alpha value is -1.26. The number of nitrogens with zero attached hydrogens (tertiary/aromatic N) is 2. The number of likely N-dealkylation sites (tertiary alicyclic amines) is 2. The lowest BCUT2D eigenvalue weighted by Crippen LogP contribution is -2.44. The first-order valence-corrected chi connectivity index (χ1v) is 8.42. The van der Waals surface area contributed by atoms with Gasteiger partial charge < -0.3 is 14.5 Å². The lowest BCUT2D eigenvalue weighted by atomic mass is 9.94. The second kappa shape index (κ2) is 7.34. The van der Waals surface area contributed by atoms with E-state index in [1.165, 1.54) is 0 Å². The predicted octanol–water partition coefficient (Wildman–Crippen LogP) is 2.85. The third kappa shape index (κ3) is 5.18. The topological polar surface area (TPSA) is 49.9 Å². The quantitative estimate of drug-likeness (QED) is 0.788. The first-order chi connectivity index (χ1) is 10.3. The van der Waals surface area contributed by atoms with Crippen molar-refractivity contribution in [1.29, 1.82) is 0 Å². The number of amides is 2. The summed E-state index contributed by atoms with van der Waals surface area (Å²) >= 11 is 0. The zero-order chi connectivity index (χ0) is 16.2.